The van der Waals surface area contributed by atoms with Crippen molar-refractivity contribution in [3.8, 4) is 0 Å². The highest BCUT2D eigenvalue weighted by molar-refractivity contribution is 9.10. The number of hydrogen-bond donors (Lipinski definition) is 1. The highest BCUT2D eigenvalue weighted by atomic mass is 79.9. The molecule has 0 radical (unpaired) electrons. The zero-order valence-corrected chi connectivity index (χ0v) is 15.0. The molecule has 1 unspecified atom stereocenters. The zero-order valence-electron chi connectivity index (χ0n) is 13.5. The predicted octanol–water partition coefficient (Wildman–Crippen LogP) is 2.53. The van der Waals surface area contributed by atoms with Gasteiger partial charge in [-0.3, -0.25) is 9.47 Å². The number of alkyl carbamates (subject to hydrolysis) is 1. The monoisotopic (exact) mass is 397 g/mol. The molecule has 1 aliphatic heterocycles. The Morgan fingerprint density at radius 1 is 1.50 bits per heavy atom. The summed E-state index contributed by atoms with van der Waals surface area (Å²) in [4.78, 5) is 25.8. The second-order valence-corrected chi connectivity index (χ2v) is 6.75. The van der Waals surface area contributed by atoms with Gasteiger partial charge >= 0.3 is 11.8 Å². The molecule has 0 spiro atoms. The largest absolute Gasteiger partial charge is 0.450 e. The van der Waals surface area contributed by atoms with E-state index in [4.69, 9.17) is 9.15 Å². The number of halogens is 1. The molecule has 1 aromatic carbocycles. The quantitative estimate of drug-likeness (QED) is 0.857. The van der Waals surface area contributed by atoms with Crippen LogP contribution in [0.15, 0.2) is 31.9 Å². The minimum atomic E-state index is -0.389. The van der Waals surface area contributed by atoms with E-state index in [1.165, 1.54) is 0 Å². The molecule has 7 nitrogen and oxygen atoms in total. The average Bonchev–Trinajstić information content (AvgIpc) is 2.83. The van der Waals surface area contributed by atoms with Gasteiger partial charge in [0, 0.05) is 17.1 Å². The first-order valence-corrected chi connectivity index (χ1v) is 8.80. The van der Waals surface area contributed by atoms with Gasteiger partial charge in [0.2, 0.25) is 0 Å². The van der Waals surface area contributed by atoms with Crippen LogP contribution in [0.5, 0.6) is 0 Å². The number of ether oxygens (including phenoxy) is 1. The molecule has 1 N–H and O–H groups in total. The lowest BCUT2D eigenvalue weighted by Crippen LogP contribution is -2.48. The first-order valence-electron chi connectivity index (χ1n) is 8.01. The van der Waals surface area contributed by atoms with Gasteiger partial charge in [-0.25, -0.2) is 9.59 Å². The number of aromatic nitrogens is 1. The molecule has 0 bridgehead atoms. The third-order valence-electron chi connectivity index (χ3n) is 4.07. The number of piperidine rings is 1. The number of benzene rings is 1. The van der Waals surface area contributed by atoms with E-state index in [2.05, 4.69) is 26.1 Å². The molecule has 1 aromatic heterocycles. The summed E-state index contributed by atoms with van der Waals surface area (Å²) in [6, 6.07) is 5.56. The van der Waals surface area contributed by atoms with Crippen molar-refractivity contribution < 1.29 is 13.9 Å². The number of amides is 1. The van der Waals surface area contributed by atoms with Gasteiger partial charge in [0.15, 0.2) is 5.58 Å². The molecule has 8 heteroatoms. The lowest BCUT2D eigenvalue weighted by atomic mass is 10.1. The SMILES string of the molecule is CCOC(=O)NC1CCCN(Cn2c(=O)oc3cc(Br)ccc32)C1. The number of likely N-dealkylation sites (tertiary alicyclic amines) is 1. The van der Waals surface area contributed by atoms with Crippen molar-refractivity contribution in [2.24, 2.45) is 0 Å². The average molecular weight is 398 g/mol. The maximum Gasteiger partial charge on any atom is 0.421 e. The number of fused-ring (bicyclic) bond motifs is 1. The van der Waals surface area contributed by atoms with Crippen LogP contribution in [0, 0.1) is 0 Å². The summed E-state index contributed by atoms with van der Waals surface area (Å²) < 4.78 is 12.7. The van der Waals surface area contributed by atoms with Gasteiger partial charge in [-0.05, 0) is 44.5 Å². The van der Waals surface area contributed by atoms with Crippen molar-refractivity contribution in [3.63, 3.8) is 0 Å². The Labute approximate surface area is 147 Å². The van der Waals surface area contributed by atoms with Crippen LogP contribution in [0.2, 0.25) is 0 Å². The summed E-state index contributed by atoms with van der Waals surface area (Å²) in [6.07, 6.45) is 1.47. The maximum atomic E-state index is 12.1. The molecular weight excluding hydrogens is 378 g/mol. The standard InChI is InChI=1S/C16H20BrN3O4/c1-2-23-15(21)18-12-4-3-7-19(9-12)10-20-13-6-5-11(17)8-14(13)24-16(20)22/h5-6,8,12H,2-4,7,9-10H2,1H3,(H,18,21). The molecular formula is C16H20BrN3O4. The summed E-state index contributed by atoms with van der Waals surface area (Å²) in [5.74, 6) is -0.372. The molecule has 1 atom stereocenters. The fourth-order valence-electron chi connectivity index (χ4n) is 3.02. The summed E-state index contributed by atoms with van der Waals surface area (Å²) in [5, 5.41) is 2.87. The number of oxazole rings is 1. The van der Waals surface area contributed by atoms with Crippen molar-refractivity contribution in [3.05, 3.63) is 33.2 Å². The number of nitrogens with zero attached hydrogens (tertiary/aromatic N) is 2. The molecule has 1 fully saturated rings. The molecule has 24 heavy (non-hydrogen) atoms. The van der Waals surface area contributed by atoms with Gasteiger partial charge < -0.3 is 14.5 Å². The maximum absolute atomic E-state index is 12.1. The first-order chi connectivity index (χ1) is 11.6. The van der Waals surface area contributed by atoms with Crippen LogP contribution < -0.4 is 11.1 Å². The van der Waals surface area contributed by atoms with E-state index in [0.29, 0.717) is 25.4 Å². The zero-order chi connectivity index (χ0) is 17.1. The third kappa shape index (κ3) is 3.81. The topological polar surface area (TPSA) is 76.7 Å². The molecule has 1 saturated heterocycles. The van der Waals surface area contributed by atoms with Crippen LogP contribution in [-0.4, -0.2) is 41.3 Å². The normalized spacial score (nSPS) is 18.7. The van der Waals surface area contributed by atoms with Gasteiger partial charge in [-0.15, -0.1) is 0 Å². The Kier molecular flexibility index (Phi) is 5.25. The van der Waals surface area contributed by atoms with Crippen LogP contribution in [0.4, 0.5) is 4.79 Å². The number of hydrogen-bond acceptors (Lipinski definition) is 5. The first kappa shape index (κ1) is 17.0. The van der Waals surface area contributed by atoms with E-state index in [1.54, 1.807) is 17.6 Å². The molecule has 2 heterocycles. The Bertz CT molecular complexity index is 785. The fraction of sp³-hybridized carbons (Fsp3) is 0.500. The van der Waals surface area contributed by atoms with Gasteiger partial charge in [0.1, 0.15) is 0 Å². The molecule has 130 valence electrons. The fourth-order valence-corrected chi connectivity index (χ4v) is 3.36. The number of nitrogens with one attached hydrogen (secondary N) is 1. The molecule has 2 aromatic rings. The third-order valence-corrected chi connectivity index (χ3v) is 4.57. The van der Waals surface area contributed by atoms with E-state index >= 15 is 0 Å². The summed E-state index contributed by atoms with van der Waals surface area (Å²) in [5.41, 5.74) is 1.33. The summed E-state index contributed by atoms with van der Waals surface area (Å²) in [7, 11) is 0. The van der Waals surface area contributed by atoms with Gasteiger partial charge in [-0.1, -0.05) is 15.9 Å². The Morgan fingerprint density at radius 2 is 2.33 bits per heavy atom. The Morgan fingerprint density at radius 3 is 3.12 bits per heavy atom. The van der Waals surface area contributed by atoms with E-state index < -0.39 is 0 Å². The predicted molar refractivity (Wildman–Crippen MR) is 92.9 cm³/mol. The van der Waals surface area contributed by atoms with E-state index in [-0.39, 0.29) is 17.9 Å². The van der Waals surface area contributed by atoms with E-state index in [1.807, 2.05) is 12.1 Å². The number of carbonyl (C=O) groups is 1. The smallest absolute Gasteiger partial charge is 0.421 e. The van der Waals surface area contributed by atoms with E-state index in [0.717, 1.165) is 29.4 Å². The number of rotatable bonds is 4. The van der Waals surface area contributed by atoms with Gasteiger partial charge in [-0.2, -0.15) is 0 Å². The molecule has 0 saturated carbocycles. The van der Waals surface area contributed by atoms with Gasteiger partial charge in [0.05, 0.1) is 18.8 Å². The second kappa shape index (κ2) is 7.40. The molecule has 0 aliphatic carbocycles. The van der Waals surface area contributed by atoms with Crippen molar-refractivity contribution in [2.75, 3.05) is 19.7 Å². The van der Waals surface area contributed by atoms with Crippen LogP contribution >= 0.6 is 15.9 Å². The lowest BCUT2D eigenvalue weighted by molar-refractivity contribution is 0.123. The Hall–Kier alpha value is -1.80. The van der Waals surface area contributed by atoms with Gasteiger partial charge in [0.25, 0.3) is 0 Å². The molecule has 1 amide bonds. The number of carbonyl (C=O) groups excluding carboxylic acids is 1. The summed E-state index contributed by atoms with van der Waals surface area (Å²) in [6.45, 7) is 4.12. The van der Waals surface area contributed by atoms with E-state index in [9.17, 15) is 9.59 Å². The van der Waals surface area contributed by atoms with Crippen LogP contribution in [0.1, 0.15) is 19.8 Å². The Balaban J connectivity index is 1.71. The van der Waals surface area contributed by atoms with Crippen LogP contribution in [-0.2, 0) is 11.4 Å². The van der Waals surface area contributed by atoms with Crippen molar-refractivity contribution >= 4 is 33.1 Å². The highest BCUT2D eigenvalue weighted by Crippen LogP contribution is 2.20. The molecule has 1 aliphatic rings. The van der Waals surface area contributed by atoms with Crippen molar-refractivity contribution in [1.82, 2.24) is 14.8 Å². The van der Waals surface area contributed by atoms with Crippen LogP contribution in [0.3, 0.4) is 0 Å². The lowest BCUT2D eigenvalue weighted by Gasteiger charge is -2.32. The van der Waals surface area contributed by atoms with Crippen molar-refractivity contribution in [2.45, 2.75) is 32.5 Å². The van der Waals surface area contributed by atoms with Crippen molar-refractivity contribution in [1.29, 1.82) is 0 Å². The van der Waals surface area contributed by atoms with Crippen LogP contribution in [0.25, 0.3) is 11.1 Å². The second-order valence-electron chi connectivity index (χ2n) is 5.83. The molecule has 3 rings (SSSR count). The summed E-state index contributed by atoms with van der Waals surface area (Å²) >= 11 is 3.37. The minimum absolute atomic E-state index is 0.0285. The minimum Gasteiger partial charge on any atom is -0.450 e. The highest BCUT2D eigenvalue weighted by Gasteiger charge is 2.23.